The van der Waals surface area contributed by atoms with Crippen LogP contribution in [0.4, 0.5) is 0 Å². The lowest BCUT2D eigenvalue weighted by Crippen LogP contribution is -2.56. The predicted molar refractivity (Wildman–Crippen MR) is 87.0 cm³/mol. The zero-order chi connectivity index (χ0) is 17.7. The first-order chi connectivity index (χ1) is 11.4. The van der Waals surface area contributed by atoms with Crippen LogP contribution in [0.5, 0.6) is 11.5 Å². The largest absolute Gasteiger partial charge is 0.487 e. The number of hydrogen-bond acceptors (Lipinski definition) is 4. The second-order valence-corrected chi connectivity index (χ2v) is 5.50. The molecule has 0 atom stereocenters. The van der Waals surface area contributed by atoms with Crippen LogP contribution in [0.2, 0.25) is 10.0 Å². The standard InChI is InChI=1S/C16H12Cl2O6/c17-10-5-1-3-7-12(10)23-9-16(14(19)20,15(21)22)24-13-8-4-2-6-11(13)18/h1-8H,9H2,(H,19,20)(H,21,22). The Hall–Kier alpha value is -2.44. The number of aliphatic carboxylic acids is 2. The number of hydrogen-bond donors (Lipinski definition) is 2. The summed E-state index contributed by atoms with van der Waals surface area (Å²) in [7, 11) is 0. The molecule has 0 radical (unpaired) electrons. The van der Waals surface area contributed by atoms with Crippen LogP contribution in [0.25, 0.3) is 0 Å². The molecule has 0 bridgehead atoms. The first-order valence-electron chi connectivity index (χ1n) is 6.64. The molecule has 0 fully saturated rings. The number of para-hydroxylation sites is 2. The van der Waals surface area contributed by atoms with Gasteiger partial charge in [-0.3, -0.25) is 0 Å². The Labute approximate surface area is 147 Å². The predicted octanol–water partition coefficient (Wildman–Crippen LogP) is 3.36. The lowest BCUT2D eigenvalue weighted by atomic mass is 10.1. The maximum atomic E-state index is 11.6. The molecule has 0 amide bonds. The van der Waals surface area contributed by atoms with E-state index in [2.05, 4.69) is 0 Å². The molecule has 8 heteroatoms. The van der Waals surface area contributed by atoms with E-state index in [-0.39, 0.29) is 21.5 Å². The molecular weight excluding hydrogens is 359 g/mol. The fraction of sp³-hybridized carbons (Fsp3) is 0.125. The minimum Gasteiger partial charge on any atom is -0.487 e. The molecule has 2 N–H and O–H groups in total. The zero-order valence-corrected chi connectivity index (χ0v) is 13.6. The molecule has 0 aromatic heterocycles. The first kappa shape index (κ1) is 17.9. The van der Waals surface area contributed by atoms with E-state index >= 15 is 0 Å². The van der Waals surface area contributed by atoms with Gasteiger partial charge in [-0.15, -0.1) is 0 Å². The number of ether oxygens (including phenoxy) is 2. The van der Waals surface area contributed by atoms with Gasteiger partial charge in [0.2, 0.25) is 0 Å². The third-order valence-corrected chi connectivity index (χ3v) is 3.70. The SMILES string of the molecule is O=C(O)C(COc1ccccc1Cl)(Oc1ccccc1Cl)C(=O)O. The summed E-state index contributed by atoms with van der Waals surface area (Å²) in [6, 6.07) is 12.2. The van der Waals surface area contributed by atoms with Crippen molar-refractivity contribution < 1.29 is 29.3 Å². The smallest absolute Gasteiger partial charge is 0.363 e. The maximum Gasteiger partial charge on any atom is 0.363 e. The molecule has 0 aliphatic heterocycles. The Morgan fingerprint density at radius 1 is 0.875 bits per heavy atom. The highest BCUT2D eigenvalue weighted by Crippen LogP contribution is 2.30. The van der Waals surface area contributed by atoms with Gasteiger partial charge in [-0.2, -0.15) is 0 Å². The van der Waals surface area contributed by atoms with Crippen molar-refractivity contribution in [2.45, 2.75) is 5.60 Å². The van der Waals surface area contributed by atoms with E-state index in [0.717, 1.165) is 0 Å². The van der Waals surface area contributed by atoms with Gasteiger partial charge in [-0.05, 0) is 24.3 Å². The van der Waals surface area contributed by atoms with Gasteiger partial charge in [0, 0.05) is 0 Å². The summed E-state index contributed by atoms with van der Waals surface area (Å²) in [5.41, 5.74) is -2.69. The Bertz CT molecular complexity index is 748. The number of carboxylic acid groups (broad SMARTS) is 2. The second-order valence-electron chi connectivity index (χ2n) is 4.69. The van der Waals surface area contributed by atoms with Crippen LogP contribution in [0.3, 0.4) is 0 Å². The molecule has 0 aliphatic carbocycles. The van der Waals surface area contributed by atoms with Crippen molar-refractivity contribution in [2.75, 3.05) is 6.61 Å². The van der Waals surface area contributed by atoms with Crippen molar-refractivity contribution in [1.29, 1.82) is 0 Å². The first-order valence-corrected chi connectivity index (χ1v) is 7.40. The maximum absolute atomic E-state index is 11.6. The fourth-order valence-corrected chi connectivity index (χ4v) is 2.15. The molecule has 0 saturated heterocycles. The summed E-state index contributed by atoms with van der Waals surface area (Å²) in [6.45, 7) is -0.813. The highest BCUT2D eigenvalue weighted by atomic mass is 35.5. The molecule has 0 aliphatic rings. The molecular formula is C16H12Cl2O6. The van der Waals surface area contributed by atoms with Crippen molar-refractivity contribution >= 4 is 35.1 Å². The van der Waals surface area contributed by atoms with Gasteiger partial charge in [-0.25, -0.2) is 9.59 Å². The number of carboxylic acids is 2. The van der Waals surface area contributed by atoms with Crippen LogP contribution in [0.1, 0.15) is 0 Å². The van der Waals surface area contributed by atoms with Gasteiger partial charge in [0.25, 0.3) is 0 Å². The molecule has 0 saturated carbocycles. The Morgan fingerprint density at radius 3 is 1.79 bits per heavy atom. The Morgan fingerprint density at radius 2 is 1.33 bits per heavy atom. The van der Waals surface area contributed by atoms with E-state index in [1.807, 2.05) is 0 Å². The minimum atomic E-state index is -2.69. The summed E-state index contributed by atoms with van der Waals surface area (Å²) in [4.78, 5) is 23.2. The Balaban J connectivity index is 2.33. The summed E-state index contributed by atoms with van der Waals surface area (Å²) in [5, 5.41) is 19.1. The van der Waals surface area contributed by atoms with Crippen molar-refractivity contribution in [2.24, 2.45) is 0 Å². The molecule has 2 rings (SSSR count). The van der Waals surface area contributed by atoms with Gasteiger partial charge in [-0.1, -0.05) is 47.5 Å². The van der Waals surface area contributed by atoms with Crippen molar-refractivity contribution in [1.82, 2.24) is 0 Å². The van der Waals surface area contributed by atoms with Crippen molar-refractivity contribution in [3.05, 3.63) is 58.6 Å². The van der Waals surface area contributed by atoms with Gasteiger partial charge >= 0.3 is 17.5 Å². The lowest BCUT2D eigenvalue weighted by molar-refractivity contribution is -0.175. The van der Waals surface area contributed by atoms with Crippen molar-refractivity contribution in [3.8, 4) is 11.5 Å². The molecule has 0 spiro atoms. The van der Waals surface area contributed by atoms with Crippen LogP contribution in [0, 0.1) is 0 Å². The van der Waals surface area contributed by atoms with E-state index in [9.17, 15) is 19.8 Å². The minimum absolute atomic E-state index is 0.0714. The summed E-state index contributed by atoms with van der Waals surface area (Å²) in [6.07, 6.45) is 0. The van der Waals surface area contributed by atoms with Crippen LogP contribution in [-0.4, -0.2) is 34.4 Å². The van der Waals surface area contributed by atoms with Crippen LogP contribution < -0.4 is 9.47 Å². The lowest BCUT2D eigenvalue weighted by Gasteiger charge is -2.26. The molecule has 6 nitrogen and oxygen atoms in total. The number of benzene rings is 2. The molecule has 126 valence electrons. The number of carbonyl (C=O) groups is 2. The highest BCUT2D eigenvalue weighted by molar-refractivity contribution is 6.32. The second kappa shape index (κ2) is 7.42. The monoisotopic (exact) mass is 370 g/mol. The van der Waals surface area contributed by atoms with Crippen LogP contribution >= 0.6 is 23.2 Å². The molecule has 24 heavy (non-hydrogen) atoms. The molecule has 0 heterocycles. The normalized spacial score (nSPS) is 10.9. The van der Waals surface area contributed by atoms with E-state index in [1.54, 1.807) is 18.2 Å². The van der Waals surface area contributed by atoms with Gasteiger partial charge in [0.05, 0.1) is 10.0 Å². The summed E-state index contributed by atoms with van der Waals surface area (Å²) < 4.78 is 10.5. The number of halogens is 2. The highest BCUT2D eigenvalue weighted by Gasteiger charge is 2.51. The Kier molecular flexibility index (Phi) is 5.54. The third-order valence-electron chi connectivity index (χ3n) is 3.08. The zero-order valence-electron chi connectivity index (χ0n) is 12.1. The van der Waals surface area contributed by atoms with E-state index in [0.29, 0.717) is 0 Å². The van der Waals surface area contributed by atoms with E-state index < -0.39 is 24.1 Å². The van der Waals surface area contributed by atoms with E-state index in [4.69, 9.17) is 32.7 Å². The van der Waals surface area contributed by atoms with E-state index in [1.165, 1.54) is 30.3 Å². The molecule has 2 aromatic carbocycles. The fourth-order valence-electron chi connectivity index (χ4n) is 1.79. The molecule has 0 unspecified atom stereocenters. The topological polar surface area (TPSA) is 93.1 Å². The third kappa shape index (κ3) is 3.72. The quantitative estimate of drug-likeness (QED) is 0.725. The van der Waals surface area contributed by atoms with Gasteiger partial charge in [0.1, 0.15) is 11.5 Å². The van der Waals surface area contributed by atoms with Gasteiger partial charge in [0.15, 0.2) is 6.61 Å². The average molecular weight is 371 g/mol. The number of rotatable bonds is 7. The average Bonchev–Trinajstić information content (AvgIpc) is 2.54. The van der Waals surface area contributed by atoms with Gasteiger partial charge < -0.3 is 19.7 Å². The van der Waals surface area contributed by atoms with Crippen molar-refractivity contribution in [3.63, 3.8) is 0 Å². The molecule has 2 aromatic rings. The van der Waals surface area contributed by atoms with Crippen LogP contribution in [0.15, 0.2) is 48.5 Å². The van der Waals surface area contributed by atoms with Crippen LogP contribution in [-0.2, 0) is 9.59 Å². The summed E-state index contributed by atoms with van der Waals surface area (Å²) >= 11 is 11.8. The summed E-state index contributed by atoms with van der Waals surface area (Å²) in [5.74, 6) is -3.43.